The Hall–Kier alpha value is -2.06. The molecule has 2 aromatic rings. The molecule has 0 aliphatic carbocycles. The van der Waals surface area contributed by atoms with Gasteiger partial charge in [-0.3, -0.25) is 9.59 Å². The molecule has 4 rings (SSSR count). The van der Waals surface area contributed by atoms with Gasteiger partial charge in [-0.05, 0) is 40.2 Å². The van der Waals surface area contributed by atoms with Crippen LogP contribution < -0.4 is 14.8 Å². The Labute approximate surface area is 163 Å². The smallest absolute Gasteiger partial charge is 0.264 e. The summed E-state index contributed by atoms with van der Waals surface area (Å²) < 4.78 is 11.8. The van der Waals surface area contributed by atoms with Gasteiger partial charge in [-0.15, -0.1) is 11.3 Å². The number of anilines is 1. The van der Waals surface area contributed by atoms with Crippen LogP contribution in [-0.2, 0) is 4.79 Å². The number of carbonyl (C=O) groups is 2. The number of ether oxygens (including phenoxy) is 2. The summed E-state index contributed by atoms with van der Waals surface area (Å²) in [7, 11) is 0. The van der Waals surface area contributed by atoms with Gasteiger partial charge in [0.2, 0.25) is 5.91 Å². The lowest BCUT2D eigenvalue weighted by Crippen LogP contribution is -2.43. The average Bonchev–Trinajstić information content (AvgIpc) is 3.33. The van der Waals surface area contributed by atoms with E-state index in [1.807, 2.05) is 11.4 Å². The van der Waals surface area contributed by atoms with Crippen molar-refractivity contribution < 1.29 is 19.1 Å². The van der Waals surface area contributed by atoms with Crippen LogP contribution in [0.4, 0.5) is 5.69 Å². The maximum atomic E-state index is 12.8. The number of thiophene rings is 1. The highest BCUT2D eigenvalue weighted by atomic mass is 79.9. The van der Waals surface area contributed by atoms with Crippen molar-refractivity contribution in [2.75, 3.05) is 25.1 Å². The lowest BCUT2D eigenvalue weighted by molar-refractivity contribution is -0.119. The van der Waals surface area contributed by atoms with E-state index in [4.69, 9.17) is 9.47 Å². The molecule has 0 radical (unpaired) electrons. The van der Waals surface area contributed by atoms with Crippen LogP contribution in [0.25, 0.3) is 0 Å². The summed E-state index contributed by atoms with van der Waals surface area (Å²) in [5, 5.41) is 4.79. The molecule has 0 saturated carbocycles. The minimum Gasteiger partial charge on any atom is -0.486 e. The highest BCUT2D eigenvalue weighted by Gasteiger charge is 2.35. The molecule has 3 heterocycles. The van der Waals surface area contributed by atoms with Crippen LogP contribution in [0.1, 0.15) is 22.5 Å². The monoisotopic (exact) mass is 436 g/mol. The van der Waals surface area contributed by atoms with Crippen LogP contribution in [0.2, 0.25) is 0 Å². The van der Waals surface area contributed by atoms with Gasteiger partial charge >= 0.3 is 0 Å². The second-order valence-electron chi connectivity index (χ2n) is 6.10. The second-order valence-corrected chi connectivity index (χ2v) is 7.90. The number of nitrogens with one attached hydrogen (secondary N) is 1. The normalized spacial score (nSPS) is 18.7. The third-order valence-corrected chi connectivity index (χ3v) is 5.95. The quantitative estimate of drug-likeness (QED) is 0.798. The van der Waals surface area contributed by atoms with Gasteiger partial charge < -0.3 is 19.7 Å². The van der Waals surface area contributed by atoms with E-state index in [-0.39, 0.29) is 11.8 Å². The number of fused-ring (bicyclic) bond motifs is 1. The topological polar surface area (TPSA) is 67.9 Å². The van der Waals surface area contributed by atoms with Crippen LogP contribution in [0, 0.1) is 0 Å². The zero-order valence-electron chi connectivity index (χ0n) is 13.9. The molecule has 0 spiro atoms. The van der Waals surface area contributed by atoms with Crippen molar-refractivity contribution in [3.8, 4) is 11.5 Å². The first-order chi connectivity index (χ1) is 12.6. The summed E-state index contributed by atoms with van der Waals surface area (Å²) in [5.74, 6) is 0.979. The molecule has 0 bridgehead atoms. The Balaban J connectivity index is 1.51. The van der Waals surface area contributed by atoms with Gasteiger partial charge in [0.05, 0.1) is 10.6 Å². The lowest BCUT2D eigenvalue weighted by Gasteiger charge is -2.24. The Kier molecular flexibility index (Phi) is 4.86. The second kappa shape index (κ2) is 7.28. The standard InChI is InChI=1S/C18H17BrN2O4S/c19-11-9-14-15(25-7-6-24-14)10-12(11)20-17(22)13-3-1-5-21(13)18(23)16-4-2-8-26-16/h2,4,8-10,13H,1,3,5-7H2,(H,20,22). The van der Waals surface area contributed by atoms with E-state index < -0.39 is 6.04 Å². The van der Waals surface area contributed by atoms with Crippen molar-refractivity contribution in [2.45, 2.75) is 18.9 Å². The number of amides is 2. The minimum atomic E-state index is -0.468. The largest absolute Gasteiger partial charge is 0.486 e. The molecule has 2 aliphatic rings. The molecule has 136 valence electrons. The minimum absolute atomic E-state index is 0.0844. The van der Waals surface area contributed by atoms with E-state index in [2.05, 4.69) is 21.2 Å². The van der Waals surface area contributed by atoms with E-state index in [0.29, 0.717) is 52.7 Å². The summed E-state index contributed by atoms with van der Waals surface area (Å²) in [4.78, 5) is 27.8. The highest BCUT2D eigenvalue weighted by Crippen LogP contribution is 2.38. The molecule has 1 aromatic carbocycles. The number of halogens is 1. The van der Waals surface area contributed by atoms with Crippen LogP contribution in [0.5, 0.6) is 11.5 Å². The summed E-state index contributed by atoms with van der Waals surface area (Å²) in [6.45, 7) is 1.58. The number of benzene rings is 1. The zero-order valence-corrected chi connectivity index (χ0v) is 16.3. The van der Waals surface area contributed by atoms with Crippen molar-refractivity contribution in [1.82, 2.24) is 4.90 Å². The maximum Gasteiger partial charge on any atom is 0.264 e. The third kappa shape index (κ3) is 3.31. The predicted octanol–water partition coefficient (Wildman–Crippen LogP) is 3.53. The molecule has 1 aromatic heterocycles. The summed E-state index contributed by atoms with van der Waals surface area (Å²) in [6.07, 6.45) is 1.47. The highest BCUT2D eigenvalue weighted by molar-refractivity contribution is 9.10. The van der Waals surface area contributed by atoms with E-state index in [1.54, 1.807) is 23.1 Å². The molecule has 6 nitrogen and oxygen atoms in total. The Bertz CT molecular complexity index is 840. The molecule has 1 atom stereocenters. The van der Waals surface area contributed by atoms with Crippen molar-refractivity contribution in [3.05, 3.63) is 39.0 Å². The molecule has 1 N–H and O–H groups in total. The fraction of sp³-hybridized carbons (Fsp3) is 0.333. The molecular formula is C18H17BrN2O4S. The molecule has 26 heavy (non-hydrogen) atoms. The van der Waals surface area contributed by atoms with Crippen LogP contribution in [-0.4, -0.2) is 42.5 Å². The number of nitrogens with zero attached hydrogens (tertiary/aromatic N) is 1. The van der Waals surface area contributed by atoms with Gasteiger partial charge in [0.25, 0.3) is 5.91 Å². The maximum absolute atomic E-state index is 12.8. The molecular weight excluding hydrogens is 420 g/mol. The summed E-state index contributed by atoms with van der Waals surface area (Å²) in [5.41, 5.74) is 0.606. The fourth-order valence-electron chi connectivity index (χ4n) is 3.20. The lowest BCUT2D eigenvalue weighted by atomic mass is 10.2. The number of rotatable bonds is 3. The number of hydrogen-bond donors (Lipinski definition) is 1. The predicted molar refractivity (Wildman–Crippen MR) is 102 cm³/mol. The number of likely N-dealkylation sites (tertiary alicyclic amines) is 1. The molecule has 1 saturated heterocycles. The third-order valence-electron chi connectivity index (χ3n) is 4.44. The van der Waals surface area contributed by atoms with E-state index in [1.165, 1.54) is 11.3 Å². The Morgan fingerprint density at radius 2 is 2.00 bits per heavy atom. The van der Waals surface area contributed by atoms with Crippen LogP contribution in [0.15, 0.2) is 34.1 Å². The van der Waals surface area contributed by atoms with Crippen molar-refractivity contribution in [1.29, 1.82) is 0 Å². The molecule has 2 aliphatic heterocycles. The first kappa shape index (κ1) is 17.4. The number of hydrogen-bond acceptors (Lipinski definition) is 5. The van der Waals surface area contributed by atoms with Gasteiger partial charge in [0.15, 0.2) is 11.5 Å². The van der Waals surface area contributed by atoms with E-state index in [0.717, 1.165) is 6.42 Å². The summed E-state index contributed by atoms with van der Waals surface area (Å²) >= 11 is 4.85. The van der Waals surface area contributed by atoms with Crippen molar-refractivity contribution >= 4 is 44.8 Å². The first-order valence-corrected chi connectivity index (χ1v) is 10.1. The molecule has 2 amide bonds. The van der Waals surface area contributed by atoms with Gasteiger partial charge in [-0.2, -0.15) is 0 Å². The Morgan fingerprint density at radius 3 is 2.73 bits per heavy atom. The number of carbonyl (C=O) groups excluding carboxylic acids is 2. The Morgan fingerprint density at radius 1 is 1.23 bits per heavy atom. The zero-order chi connectivity index (χ0) is 18.1. The van der Waals surface area contributed by atoms with Gasteiger partial charge in [-0.1, -0.05) is 6.07 Å². The summed E-state index contributed by atoms with van der Waals surface area (Å²) in [6, 6.07) is 6.70. The van der Waals surface area contributed by atoms with Crippen molar-refractivity contribution in [2.24, 2.45) is 0 Å². The van der Waals surface area contributed by atoms with E-state index in [9.17, 15) is 9.59 Å². The van der Waals surface area contributed by atoms with Gasteiger partial charge in [0, 0.05) is 23.2 Å². The molecule has 8 heteroatoms. The average molecular weight is 437 g/mol. The first-order valence-electron chi connectivity index (χ1n) is 8.38. The van der Waals surface area contributed by atoms with Crippen LogP contribution in [0.3, 0.4) is 0 Å². The molecule has 1 unspecified atom stereocenters. The molecule has 1 fully saturated rings. The van der Waals surface area contributed by atoms with Gasteiger partial charge in [-0.25, -0.2) is 0 Å². The van der Waals surface area contributed by atoms with E-state index >= 15 is 0 Å². The van der Waals surface area contributed by atoms with Crippen LogP contribution >= 0.6 is 27.3 Å². The SMILES string of the molecule is O=C(Nc1cc2c(cc1Br)OCCO2)C1CCCN1C(=O)c1cccs1. The fourth-order valence-corrected chi connectivity index (χ4v) is 4.30. The van der Waals surface area contributed by atoms with Gasteiger partial charge in [0.1, 0.15) is 19.3 Å². The van der Waals surface area contributed by atoms with Crippen molar-refractivity contribution in [3.63, 3.8) is 0 Å².